The van der Waals surface area contributed by atoms with Crippen molar-refractivity contribution >= 4 is 39.9 Å². The molecule has 1 aromatic carbocycles. The number of halogens is 3. The van der Waals surface area contributed by atoms with Crippen LogP contribution in [0.25, 0.3) is 0 Å². The first-order valence-corrected chi connectivity index (χ1v) is 6.02. The second-order valence-corrected chi connectivity index (χ2v) is 4.74. The smallest absolute Gasteiger partial charge is 0.0454 e. The maximum atomic E-state index is 6.07. The van der Waals surface area contributed by atoms with Gasteiger partial charge in [0.05, 0.1) is 0 Å². The summed E-state index contributed by atoms with van der Waals surface area (Å²) in [6.07, 6.45) is 3.30. The Labute approximate surface area is 111 Å². The Hall–Kier alpha value is 0.240. The van der Waals surface area contributed by atoms with Gasteiger partial charge in [-0.3, -0.25) is 0 Å². The van der Waals surface area contributed by atoms with Crippen LogP contribution in [0.15, 0.2) is 22.7 Å². The highest BCUT2D eigenvalue weighted by Gasteiger charge is 2.09. The van der Waals surface area contributed by atoms with Gasteiger partial charge in [-0.15, -0.1) is 12.4 Å². The molecule has 0 aliphatic heterocycles. The van der Waals surface area contributed by atoms with Gasteiger partial charge in [-0.05, 0) is 30.2 Å². The van der Waals surface area contributed by atoms with E-state index in [4.69, 9.17) is 17.3 Å². The molecule has 0 aliphatic rings. The summed E-state index contributed by atoms with van der Waals surface area (Å²) in [6.45, 7) is 2.16. The van der Waals surface area contributed by atoms with Crippen LogP contribution in [0, 0.1) is 0 Å². The summed E-state index contributed by atoms with van der Waals surface area (Å²) in [5, 5.41) is 0.761. The molecule has 0 heterocycles. The molecule has 1 aromatic rings. The van der Waals surface area contributed by atoms with Gasteiger partial charge in [-0.25, -0.2) is 0 Å². The van der Waals surface area contributed by atoms with E-state index in [1.807, 2.05) is 18.2 Å². The average molecular weight is 313 g/mol. The van der Waals surface area contributed by atoms with Crippen LogP contribution in [0.2, 0.25) is 5.02 Å². The molecule has 0 bridgehead atoms. The molecule has 0 spiro atoms. The zero-order valence-electron chi connectivity index (χ0n) is 8.67. The van der Waals surface area contributed by atoms with Gasteiger partial charge in [0, 0.05) is 15.5 Å². The molecule has 1 atom stereocenters. The predicted octanol–water partition coefficient (Wildman–Crippen LogP) is 4.71. The van der Waals surface area contributed by atoms with E-state index in [0.29, 0.717) is 0 Å². The SMILES string of the molecule is CCCC[C@@H](N)c1cc(Br)ccc1Cl.Cl. The molecule has 15 heavy (non-hydrogen) atoms. The summed E-state index contributed by atoms with van der Waals surface area (Å²) < 4.78 is 1.03. The first-order chi connectivity index (χ1) is 6.65. The molecule has 0 amide bonds. The highest BCUT2D eigenvalue weighted by molar-refractivity contribution is 9.10. The van der Waals surface area contributed by atoms with Crippen molar-refractivity contribution in [2.24, 2.45) is 5.73 Å². The van der Waals surface area contributed by atoms with E-state index in [9.17, 15) is 0 Å². The standard InChI is InChI=1S/C11H15BrClN.ClH/c1-2-3-4-11(14)9-7-8(12)5-6-10(9)13;/h5-7,11H,2-4,14H2,1H3;1H/t11-;/m1./s1. The minimum Gasteiger partial charge on any atom is -0.324 e. The summed E-state index contributed by atoms with van der Waals surface area (Å²) in [6, 6.07) is 5.87. The minimum atomic E-state index is 0. The highest BCUT2D eigenvalue weighted by Crippen LogP contribution is 2.27. The fourth-order valence-corrected chi connectivity index (χ4v) is 2.01. The van der Waals surface area contributed by atoms with E-state index in [-0.39, 0.29) is 18.4 Å². The van der Waals surface area contributed by atoms with Crippen LogP contribution < -0.4 is 5.73 Å². The fourth-order valence-electron chi connectivity index (χ4n) is 1.38. The summed E-state index contributed by atoms with van der Waals surface area (Å²) in [7, 11) is 0. The summed E-state index contributed by atoms with van der Waals surface area (Å²) in [5.41, 5.74) is 7.08. The lowest BCUT2D eigenvalue weighted by atomic mass is 10.0. The number of rotatable bonds is 4. The van der Waals surface area contributed by atoms with Crippen LogP contribution in [0.4, 0.5) is 0 Å². The van der Waals surface area contributed by atoms with Crippen molar-refractivity contribution in [2.45, 2.75) is 32.2 Å². The highest BCUT2D eigenvalue weighted by atomic mass is 79.9. The summed E-state index contributed by atoms with van der Waals surface area (Å²) in [4.78, 5) is 0. The zero-order valence-corrected chi connectivity index (χ0v) is 11.8. The molecule has 0 aromatic heterocycles. The van der Waals surface area contributed by atoms with Crippen molar-refractivity contribution < 1.29 is 0 Å². The number of nitrogens with two attached hydrogens (primary N) is 1. The molecule has 0 aliphatic carbocycles. The van der Waals surface area contributed by atoms with Gasteiger partial charge in [0.15, 0.2) is 0 Å². The lowest BCUT2D eigenvalue weighted by Gasteiger charge is -2.13. The monoisotopic (exact) mass is 311 g/mol. The van der Waals surface area contributed by atoms with E-state index < -0.39 is 0 Å². The molecule has 0 unspecified atom stereocenters. The van der Waals surface area contributed by atoms with Crippen molar-refractivity contribution in [2.75, 3.05) is 0 Å². The van der Waals surface area contributed by atoms with Gasteiger partial charge in [0.1, 0.15) is 0 Å². The first kappa shape index (κ1) is 15.2. The molecule has 0 saturated heterocycles. The normalized spacial score (nSPS) is 12.0. The molecule has 0 radical (unpaired) electrons. The number of unbranched alkanes of at least 4 members (excludes halogenated alkanes) is 1. The van der Waals surface area contributed by atoms with Crippen LogP contribution in [0.5, 0.6) is 0 Å². The van der Waals surface area contributed by atoms with Crippen LogP contribution in [-0.4, -0.2) is 0 Å². The molecule has 0 saturated carbocycles. The van der Waals surface area contributed by atoms with E-state index in [0.717, 1.165) is 27.9 Å². The predicted molar refractivity (Wildman–Crippen MR) is 72.9 cm³/mol. The fraction of sp³-hybridized carbons (Fsp3) is 0.455. The number of hydrogen-bond acceptors (Lipinski definition) is 1. The number of benzene rings is 1. The van der Waals surface area contributed by atoms with Crippen LogP contribution >= 0.6 is 39.9 Å². The second-order valence-electron chi connectivity index (χ2n) is 3.41. The molecule has 1 nitrogen and oxygen atoms in total. The molecule has 86 valence electrons. The third kappa shape index (κ3) is 4.73. The Kier molecular flexibility index (Phi) is 7.62. The second kappa shape index (κ2) is 7.50. The van der Waals surface area contributed by atoms with Gasteiger partial charge < -0.3 is 5.73 Å². The van der Waals surface area contributed by atoms with Crippen molar-refractivity contribution in [3.8, 4) is 0 Å². The van der Waals surface area contributed by atoms with Gasteiger partial charge in [-0.1, -0.05) is 47.3 Å². The van der Waals surface area contributed by atoms with Gasteiger partial charge >= 0.3 is 0 Å². The van der Waals surface area contributed by atoms with Gasteiger partial charge in [0.2, 0.25) is 0 Å². The third-order valence-electron chi connectivity index (χ3n) is 2.23. The topological polar surface area (TPSA) is 26.0 Å². The molecule has 4 heteroatoms. The Balaban J connectivity index is 0.00000196. The molecule has 1 rings (SSSR count). The Morgan fingerprint density at radius 3 is 2.73 bits per heavy atom. The largest absolute Gasteiger partial charge is 0.324 e. The van der Waals surface area contributed by atoms with Crippen LogP contribution in [0.3, 0.4) is 0 Å². The van der Waals surface area contributed by atoms with Crippen molar-refractivity contribution in [1.82, 2.24) is 0 Å². The lowest BCUT2D eigenvalue weighted by molar-refractivity contribution is 0.603. The maximum absolute atomic E-state index is 6.07. The molecule has 2 N–H and O–H groups in total. The third-order valence-corrected chi connectivity index (χ3v) is 3.06. The van der Waals surface area contributed by atoms with Gasteiger partial charge in [0.25, 0.3) is 0 Å². The van der Waals surface area contributed by atoms with Crippen molar-refractivity contribution in [3.05, 3.63) is 33.3 Å². The minimum absolute atomic E-state index is 0. The molecular formula is C11H16BrCl2N. The Bertz CT molecular complexity index is 305. The number of hydrogen-bond donors (Lipinski definition) is 1. The summed E-state index contributed by atoms with van der Waals surface area (Å²) >= 11 is 9.49. The van der Waals surface area contributed by atoms with E-state index in [1.165, 1.54) is 6.42 Å². The zero-order chi connectivity index (χ0) is 10.6. The van der Waals surface area contributed by atoms with Crippen molar-refractivity contribution in [1.29, 1.82) is 0 Å². The molecular weight excluding hydrogens is 297 g/mol. The lowest BCUT2D eigenvalue weighted by Crippen LogP contribution is -2.10. The quantitative estimate of drug-likeness (QED) is 0.855. The average Bonchev–Trinajstić information content (AvgIpc) is 2.18. The van der Waals surface area contributed by atoms with E-state index in [2.05, 4.69) is 22.9 Å². The Morgan fingerprint density at radius 2 is 2.13 bits per heavy atom. The first-order valence-electron chi connectivity index (χ1n) is 4.85. The van der Waals surface area contributed by atoms with E-state index >= 15 is 0 Å². The Morgan fingerprint density at radius 1 is 1.47 bits per heavy atom. The van der Waals surface area contributed by atoms with Crippen molar-refractivity contribution in [3.63, 3.8) is 0 Å². The van der Waals surface area contributed by atoms with Crippen LogP contribution in [0.1, 0.15) is 37.8 Å². The summed E-state index contributed by atoms with van der Waals surface area (Å²) in [5.74, 6) is 0. The van der Waals surface area contributed by atoms with Gasteiger partial charge in [-0.2, -0.15) is 0 Å². The maximum Gasteiger partial charge on any atom is 0.0454 e. The van der Waals surface area contributed by atoms with Crippen LogP contribution in [-0.2, 0) is 0 Å². The van der Waals surface area contributed by atoms with E-state index in [1.54, 1.807) is 0 Å². The molecule has 0 fully saturated rings.